The summed E-state index contributed by atoms with van der Waals surface area (Å²) in [7, 11) is 0. The molecule has 27 heavy (non-hydrogen) atoms. The summed E-state index contributed by atoms with van der Waals surface area (Å²) in [6.45, 7) is 13.0. The molecule has 0 unspecified atom stereocenters. The van der Waals surface area contributed by atoms with Gasteiger partial charge in [0.25, 0.3) is 0 Å². The Balaban J connectivity index is 0.000000247. The van der Waals surface area contributed by atoms with E-state index in [4.69, 9.17) is 0 Å². The molecule has 0 N–H and O–H groups in total. The first-order chi connectivity index (χ1) is 12.4. The Morgan fingerprint density at radius 2 is 1.41 bits per heavy atom. The van der Waals surface area contributed by atoms with Crippen LogP contribution in [-0.4, -0.2) is 0 Å². The molecule has 0 aromatic heterocycles. The van der Waals surface area contributed by atoms with Crippen LogP contribution in [0.2, 0.25) is 0 Å². The minimum absolute atomic E-state index is 0. The molecule has 1 heterocycles. The van der Waals surface area contributed by atoms with Crippen LogP contribution in [0.25, 0.3) is 6.08 Å². The van der Waals surface area contributed by atoms with E-state index in [2.05, 4.69) is 90.1 Å². The minimum atomic E-state index is 0. The molecule has 3 heteroatoms. The van der Waals surface area contributed by atoms with Gasteiger partial charge in [-0.15, -0.1) is 6.08 Å². The summed E-state index contributed by atoms with van der Waals surface area (Å²) in [6, 6.07) is 15.2. The van der Waals surface area contributed by atoms with Crippen LogP contribution >= 0.6 is 23.5 Å². The predicted molar refractivity (Wildman–Crippen MR) is 119 cm³/mol. The Labute approximate surface area is 183 Å². The van der Waals surface area contributed by atoms with Crippen LogP contribution in [0.1, 0.15) is 38.9 Å². The monoisotopic (exact) mass is 434 g/mol. The smallest absolute Gasteiger partial charge is 0.0375 e. The number of thioether (sulfide) groups is 2. The number of benzene rings is 1. The van der Waals surface area contributed by atoms with Gasteiger partial charge in [0.15, 0.2) is 0 Å². The van der Waals surface area contributed by atoms with Crippen molar-refractivity contribution in [3.63, 3.8) is 0 Å². The Morgan fingerprint density at radius 3 is 1.78 bits per heavy atom. The maximum Gasteiger partial charge on any atom is 0.0375 e. The molecule has 0 saturated carbocycles. The van der Waals surface area contributed by atoms with Gasteiger partial charge >= 0.3 is 0 Å². The Morgan fingerprint density at radius 1 is 0.889 bits per heavy atom. The van der Waals surface area contributed by atoms with Gasteiger partial charge in [-0.1, -0.05) is 56.4 Å². The summed E-state index contributed by atoms with van der Waals surface area (Å²) >= 11 is 3.76. The number of hydrogen-bond donors (Lipinski definition) is 0. The van der Waals surface area contributed by atoms with Crippen molar-refractivity contribution in [2.75, 3.05) is 0 Å². The number of fused-ring (bicyclic) bond motifs is 1. The first-order valence-electron chi connectivity index (χ1n) is 8.96. The van der Waals surface area contributed by atoms with Crippen LogP contribution in [0.3, 0.4) is 0 Å². The van der Waals surface area contributed by atoms with Crippen molar-refractivity contribution in [2.45, 2.75) is 51.3 Å². The summed E-state index contributed by atoms with van der Waals surface area (Å²) in [5.41, 5.74) is 9.84. The Hall–Kier alpha value is -1.12. The van der Waals surface area contributed by atoms with Gasteiger partial charge < -0.3 is 28.8 Å². The fourth-order valence-corrected chi connectivity index (χ4v) is 5.36. The molecule has 1 aliphatic heterocycles. The molecule has 0 aliphatic carbocycles. The summed E-state index contributed by atoms with van der Waals surface area (Å²) in [5, 5.41) is 0. The van der Waals surface area contributed by atoms with E-state index in [1.807, 2.05) is 23.5 Å². The average Bonchev–Trinajstić information content (AvgIpc) is 3.24. The zero-order chi connectivity index (χ0) is 18.8. The summed E-state index contributed by atoms with van der Waals surface area (Å²) in [6.07, 6.45) is 2.32. The van der Waals surface area contributed by atoms with E-state index in [0.29, 0.717) is 0 Å². The van der Waals surface area contributed by atoms with Crippen LogP contribution in [0.5, 0.6) is 0 Å². The van der Waals surface area contributed by atoms with Gasteiger partial charge in [-0.2, -0.15) is 22.3 Å². The third kappa shape index (κ3) is 5.03. The molecule has 0 radical (unpaired) electrons. The Kier molecular flexibility index (Phi) is 7.71. The molecule has 0 spiro atoms. The molecule has 0 amide bonds. The maximum atomic E-state index is 2.32. The van der Waals surface area contributed by atoms with Crippen LogP contribution in [0, 0.1) is 41.5 Å². The molecule has 0 nitrogen and oxygen atoms in total. The van der Waals surface area contributed by atoms with Crippen molar-refractivity contribution in [1.82, 2.24) is 0 Å². The molecule has 0 atom stereocenters. The molecular formula is C24H26FeS2-6. The van der Waals surface area contributed by atoms with Crippen LogP contribution in [-0.2, 0) is 17.1 Å². The molecule has 0 bridgehead atoms. The third-order valence-corrected chi connectivity index (χ3v) is 7.69. The SMILES string of the molecule is C[c-]1[cH-][cH-][c-](C)[c-]1C.Cc1cc(C=C2Sc3ccccc3S2)c(C)[c-]1C.[Fe]. The van der Waals surface area contributed by atoms with Crippen LogP contribution in [0.4, 0.5) is 0 Å². The number of hydrogen-bond acceptors (Lipinski definition) is 2. The van der Waals surface area contributed by atoms with Gasteiger partial charge in [0.05, 0.1) is 0 Å². The minimum Gasteiger partial charge on any atom is -0.745 e. The summed E-state index contributed by atoms with van der Waals surface area (Å²) < 4.78 is 1.38. The topological polar surface area (TPSA) is 0 Å². The van der Waals surface area contributed by atoms with Crippen LogP contribution in [0.15, 0.2) is 56.5 Å². The first-order valence-corrected chi connectivity index (χ1v) is 10.6. The fourth-order valence-electron chi connectivity index (χ4n) is 2.97. The molecule has 1 aliphatic rings. The van der Waals surface area contributed by atoms with Crippen molar-refractivity contribution in [2.24, 2.45) is 0 Å². The maximum absolute atomic E-state index is 2.32. The first kappa shape index (κ1) is 22.2. The van der Waals surface area contributed by atoms with E-state index < -0.39 is 0 Å². The van der Waals surface area contributed by atoms with Gasteiger partial charge in [0.2, 0.25) is 0 Å². The van der Waals surface area contributed by atoms with E-state index in [1.54, 1.807) is 0 Å². The molecule has 3 aromatic rings. The average molecular weight is 434 g/mol. The second-order valence-corrected chi connectivity index (χ2v) is 9.40. The van der Waals surface area contributed by atoms with Crippen molar-refractivity contribution < 1.29 is 17.1 Å². The van der Waals surface area contributed by atoms with Crippen molar-refractivity contribution >= 4 is 29.6 Å². The van der Waals surface area contributed by atoms with E-state index in [1.165, 1.54) is 53.0 Å². The normalized spacial score (nSPS) is 12.1. The van der Waals surface area contributed by atoms with Gasteiger partial charge in [0.1, 0.15) is 0 Å². The van der Waals surface area contributed by atoms with E-state index in [9.17, 15) is 0 Å². The Bertz CT molecular complexity index is 910. The zero-order valence-electron chi connectivity index (χ0n) is 16.8. The zero-order valence-corrected chi connectivity index (χ0v) is 19.5. The molecule has 4 rings (SSSR count). The molecular weight excluding hydrogens is 408 g/mol. The second kappa shape index (κ2) is 9.39. The van der Waals surface area contributed by atoms with Crippen molar-refractivity contribution in [1.29, 1.82) is 0 Å². The molecule has 0 fully saturated rings. The number of rotatable bonds is 1. The quantitative estimate of drug-likeness (QED) is 0.282. The van der Waals surface area contributed by atoms with Crippen LogP contribution < -0.4 is 0 Å². The van der Waals surface area contributed by atoms with Crippen molar-refractivity contribution in [3.8, 4) is 0 Å². The summed E-state index contributed by atoms with van der Waals surface area (Å²) in [4.78, 5) is 2.76. The van der Waals surface area contributed by atoms with Gasteiger partial charge in [0, 0.05) is 31.1 Å². The third-order valence-electron chi connectivity index (χ3n) is 5.27. The van der Waals surface area contributed by atoms with Gasteiger partial charge in [-0.25, -0.2) is 26.8 Å². The second-order valence-electron chi connectivity index (χ2n) is 6.97. The summed E-state index contributed by atoms with van der Waals surface area (Å²) in [5.74, 6) is 0. The van der Waals surface area contributed by atoms with E-state index >= 15 is 0 Å². The molecule has 0 saturated heterocycles. The molecule has 3 aromatic carbocycles. The largest absolute Gasteiger partial charge is 0.745 e. The van der Waals surface area contributed by atoms with E-state index in [0.717, 1.165) is 0 Å². The van der Waals surface area contributed by atoms with Crippen molar-refractivity contribution in [3.05, 3.63) is 85.6 Å². The van der Waals surface area contributed by atoms with E-state index in [-0.39, 0.29) is 17.1 Å². The fraction of sp³-hybridized carbons (Fsp3) is 0.250. The van der Waals surface area contributed by atoms with Gasteiger partial charge in [-0.3, -0.25) is 0 Å². The number of aryl methyl sites for hydroxylation is 3. The predicted octanol–water partition coefficient (Wildman–Crippen LogP) is 7.86. The molecule has 148 valence electrons. The van der Waals surface area contributed by atoms with Gasteiger partial charge in [-0.05, 0) is 12.1 Å². The standard InChI is InChI=1S/C16H15S2.C8H11.Fe/c1-10-8-13(12(3)11(10)2)9-16-17-14-6-4-5-7-15(14)18-16;1-6-4-5-7(2)8(6)3;/h4-9H,1-3H3;4-5H,1-3H3;/q-1;-5;.